The lowest BCUT2D eigenvalue weighted by Gasteiger charge is -2.12. The summed E-state index contributed by atoms with van der Waals surface area (Å²) in [7, 11) is 1.61. The zero-order chi connectivity index (χ0) is 24.4. The zero-order valence-corrected chi connectivity index (χ0v) is 20.0. The predicted molar refractivity (Wildman–Crippen MR) is 141 cm³/mol. The Hall–Kier alpha value is -4.47. The molecule has 0 saturated heterocycles. The van der Waals surface area contributed by atoms with Crippen molar-refractivity contribution in [1.82, 2.24) is 4.98 Å². The van der Waals surface area contributed by atoms with Gasteiger partial charge in [0.25, 0.3) is 5.91 Å². The first-order chi connectivity index (χ1) is 17.1. The van der Waals surface area contributed by atoms with E-state index in [2.05, 4.69) is 11.4 Å². The Kier molecular flexibility index (Phi) is 6.01. The fourth-order valence-electron chi connectivity index (χ4n) is 4.22. The summed E-state index contributed by atoms with van der Waals surface area (Å²) in [5, 5.41) is 14.2. The molecule has 5 nitrogen and oxygen atoms in total. The second-order valence-corrected chi connectivity index (χ2v) is 9.17. The lowest BCUT2D eigenvalue weighted by atomic mass is 10.0. The van der Waals surface area contributed by atoms with Crippen LogP contribution in [0.5, 0.6) is 5.75 Å². The van der Waals surface area contributed by atoms with Crippen molar-refractivity contribution in [3.63, 3.8) is 0 Å². The number of aromatic nitrogens is 1. The number of nitriles is 1. The molecule has 170 valence electrons. The molecule has 5 aromatic rings. The summed E-state index contributed by atoms with van der Waals surface area (Å²) in [6.45, 7) is 1.96. The van der Waals surface area contributed by atoms with E-state index in [4.69, 9.17) is 9.72 Å². The number of carbonyl (C=O) groups excluding carboxylic acids is 1. The van der Waals surface area contributed by atoms with Crippen LogP contribution in [-0.4, -0.2) is 18.0 Å². The van der Waals surface area contributed by atoms with Gasteiger partial charge in [-0.05, 0) is 36.8 Å². The maximum absolute atomic E-state index is 13.6. The van der Waals surface area contributed by atoms with Crippen molar-refractivity contribution in [2.75, 3.05) is 12.4 Å². The molecule has 0 unspecified atom stereocenters. The van der Waals surface area contributed by atoms with Gasteiger partial charge in [-0.2, -0.15) is 5.26 Å². The minimum absolute atomic E-state index is 0.294. The van der Waals surface area contributed by atoms with Crippen LogP contribution in [0.3, 0.4) is 0 Å². The smallest absolute Gasteiger partial charge is 0.257 e. The van der Waals surface area contributed by atoms with Gasteiger partial charge in [-0.1, -0.05) is 60.7 Å². The SMILES string of the molecule is COc1ccccc1-c1cc(C(=O)Nc2sc(C)c(-c3ccccc3)c2C#N)c2ccccc2n1. The highest BCUT2D eigenvalue weighted by atomic mass is 32.1. The second-order valence-electron chi connectivity index (χ2n) is 7.94. The number of pyridine rings is 1. The normalized spacial score (nSPS) is 10.7. The first kappa shape index (κ1) is 22.3. The van der Waals surface area contributed by atoms with E-state index in [1.54, 1.807) is 13.2 Å². The summed E-state index contributed by atoms with van der Waals surface area (Å²) in [6.07, 6.45) is 0. The third-order valence-corrected chi connectivity index (χ3v) is 6.85. The maximum Gasteiger partial charge on any atom is 0.257 e. The Morgan fingerprint density at radius 3 is 2.49 bits per heavy atom. The van der Waals surface area contributed by atoms with E-state index < -0.39 is 0 Å². The molecule has 0 saturated carbocycles. The van der Waals surface area contributed by atoms with Crippen molar-refractivity contribution in [3.8, 4) is 34.2 Å². The van der Waals surface area contributed by atoms with Gasteiger partial charge >= 0.3 is 0 Å². The lowest BCUT2D eigenvalue weighted by Crippen LogP contribution is -2.13. The number of nitrogens with one attached hydrogen (secondary N) is 1. The van der Waals surface area contributed by atoms with Crippen LogP contribution in [-0.2, 0) is 0 Å². The minimum atomic E-state index is -0.294. The van der Waals surface area contributed by atoms with Crippen LogP contribution in [0.1, 0.15) is 20.8 Å². The Morgan fingerprint density at radius 2 is 1.71 bits per heavy atom. The van der Waals surface area contributed by atoms with Gasteiger partial charge in [-0.3, -0.25) is 4.79 Å². The number of benzene rings is 3. The van der Waals surface area contributed by atoms with E-state index in [1.165, 1.54) is 11.3 Å². The molecule has 6 heteroatoms. The third kappa shape index (κ3) is 4.14. The summed E-state index contributed by atoms with van der Waals surface area (Å²) in [5.41, 5.74) is 4.88. The maximum atomic E-state index is 13.6. The number of methoxy groups -OCH3 is 1. The van der Waals surface area contributed by atoms with Crippen LogP contribution in [0.4, 0.5) is 5.00 Å². The van der Waals surface area contributed by atoms with Gasteiger partial charge in [-0.15, -0.1) is 11.3 Å². The van der Waals surface area contributed by atoms with E-state index in [-0.39, 0.29) is 5.91 Å². The highest BCUT2D eigenvalue weighted by Crippen LogP contribution is 2.40. The number of anilines is 1. The number of ether oxygens (including phenoxy) is 1. The Morgan fingerprint density at radius 1 is 1.00 bits per heavy atom. The number of thiophene rings is 1. The fourth-order valence-corrected chi connectivity index (χ4v) is 5.24. The fraction of sp³-hybridized carbons (Fsp3) is 0.0690. The first-order valence-corrected chi connectivity index (χ1v) is 11.9. The number of fused-ring (bicyclic) bond motifs is 1. The summed E-state index contributed by atoms with van der Waals surface area (Å²) in [6, 6.07) is 29.0. The molecular weight excluding hydrogens is 454 g/mol. The van der Waals surface area contributed by atoms with Crippen molar-refractivity contribution in [2.45, 2.75) is 6.92 Å². The van der Waals surface area contributed by atoms with E-state index in [9.17, 15) is 10.1 Å². The van der Waals surface area contributed by atoms with Crippen molar-refractivity contribution < 1.29 is 9.53 Å². The number of hydrogen-bond acceptors (Lipinski definition) is 5. The first-order valence-electron chi connectivity index (χ1n) is 11.0. The molecule has 0 aliphatic rings. The number of rotatable bonds is 5. The average molecular weight is 476 g/mol. The number of hydrogen-bond donors (Lipinski definition) is 1. The molecule has 0 aliphatic carbocycles. The molecule has 5 rings (SSSR count). The molecule has 3 aromatic carbocycles. The standard InChI is InChI=1S/C29H21N3O2S/c1-18-27(19-10-4-3-5-11-19)23(17-30)29(35-18)32-28(33)22-16-25(21-13-7-9-15-26(21)34-2)31-24-14-8-6-12-20(22)24/h3-16H,1-2H3,(H,32,33). The van der Waals surface area contributed by atoms with E-state index in [1.807, 2.05) is 85.8 Å². The summed E-state index contributed by atoms with van der Waals surface area (Å²) in [5.74, 6) is 0.381. The molecule has 0 radical (unpaired) electrons. The molecule has 0 aliphatic heterocycles. The predicted octanol–water partition coefficient (Wildman–Crippen LogP) is 7.07. The summed E-state index contributed by atoms with van der Waals surface area (Å²) >= 11 is 1.41. The summed E-state index contributed by atoms with van der Waals surface area (Å²) < 4.78 is 5.52. The largest absolute Gasteiger partial charge is 0.496 e. The van der Waals surface area contributed by atoms with Crippen LogP contribution in [0.15, 0.2) is 84.9 Å². The highest BCUT2D eigenvalue weighted by Gasteiger charge is 2.21. The quantitative estimate of drug-likeness (QED) is 0.295. The number of aryl methyl sites for hydroxylation is 1. The lowest BCUT2D eigenvalue weighted by molar-refractivity contribution is 0.102. The van der Waals surface area contributed by atoms with Crippen LogP contribution in [0.2, 0.25) is 0 Å². The van der Waals surface area contributed by atoms with Crippen molar-refractivity contribution >= 4 is 33.1 Å². The number of nitrogens with zero attached hydrogens (tertiary/aromatic N) is 2. The van der Waals surface area contributed by atoms with Gasteiger partial charge in [0.15, 0.2) is 0 Å². The Balaban J connectivity index is 1.61. The molecular formula is C29H21N3O2S. The molecule has 1 amide bonds. The van der Waals surface area contributed by atoms with E-state index in [0.717, 1.165) is 27.0 Å². The van der Waals surface area contributed by atoms with Crippen LogP contribution in [0, 0.1) is 18.3 Å². The van der Waals surface area contributed by atoms with Crippen molar-refractivity contribution in [2.24, 2.45) is 0 Å². The topological polar surface area (TPSA) is 75.0 Å². The molecule has 1 N–H and O–H groups in total. The van der Waals surface area contributed by atoms with Gasteiger partial charge < -0.3 is 10.1 Å². The second kappa shape index (κ2) is 9.41. The highest BCUT2D eigenvalue weighted by molar-refractivity contribution is 7.17. The van der Waals surface area contributed by atoms with Crippen LogP contribution in [0.25, 0.3) is 33.3 Å². The van der Waals surface area contributed by atoms with E-state index in [0.29, 0.717) is 33.1 Å². The van der Waals surface area contributed by atoms with E-state index >= 15 is 0 Å². The van der Waals surface area contributed by atoms with Gasteiger partial charge in [0, 0.05) is 21.4 Å². The monoisotopic (exact) mass is 475 g/mol. The molecule has 2 aromatic heterocycles. The summed E-state index contributed by atoms with van der Waals surface area (Å²) in [4.78, 5) is 19.4. The number of amides is 1. The van der Waals surface area contributed by atoms with Crippen molar-refractivity contribution in [3.05, 3.63) is 101 Å². The van der Waals surface area contributed by atoms with Gasteiger partial charge in [0.2, 0.25) is 0 Å². The molecule has 0 spiro atoms. The Bertz CT molecular complexity index is 1600. The minimum Gasteiger partial charge on any atom is -0.496 e. The van der Waals surface area contributed by atoms with Crippen molar-refractivity contribution in [1.29, 1.82) is 5.26 Å². The third-order valence-electron chi connectivity index (χ3n) is 5.83. The average Bonchev–Trinajstić information content (AvgIpc) is 3.22. The number of para-hydroxylation sites is 2. The van der Waals surface area contributed by atoms with Crippen LogP contribution < -0.4 is 10.1 Å². The van der Waals surface area contributed by atoms with Gasteiger partial charge in [0.1, 0.15) is 16.8 Å². The number of carbonyl (C=O) groups is 1. The van der Waals surface area contributed by atoms with Crippen LogP contribution >= 0.6 is 11.3 Å². The molecule has 2 heterocycles. The molecule has 0 atom stereocenters. The molecule has 0 fully saturated rings. The zero-order valence-electron chi connectivity index (χ0n) is 19.2. The molecule has 35 heavy (non-hydrogen) atoms. The Labute approximate surface area is 207 Å². The van der Waals surface area contributed by atoms with Gasteiger partial charge in [0.05, 0.1) is 29.4 Å². The van der Waals surface area contributed by atoms with Gasteiger partial charge in [-0.25, -0.2) is 4.98 Å². The molecule has 0 bridgehead atoms.